The summed E-state index contributed by atoms with van der Waals surface area (Å²) in [6, 6.07) is 8.92. The first-order valence-corrected chi connectivity index (χ1v) is 9.73. The van der Waals surface area contributed by atoms with Crippen LogP contribution in [0.5, 0.6) is 0 Å². The van der Waals surface area contributed by atoms with Crippen molar-refractivity contribution in [3.63, 3.8) is 0 Å². The molecule has 30 heavy (non-hydrogen) atoms. The molecule has 0 N–H and O–H groups in total. The topological polar surface area (TPSA) is 104 Å². The van der Waals surface area contributed by atoms with Gasteiger partial charge in [0.05, 0.1) is 6.57 Å². The van der Waals surface area contributed by atoms with E-state index >= 15 is 0 Å². The van der Waals surface area contributed by atoms with Crippen LogP contribution in [0.15, 0.2) is 45.4 Å². The molecule has 0 aliphatic carbocycles. The maximum absolute atomic E-state index is 12.7. The van der Waals surface area contributed by atoms with Gasteiger partial charge >= 0.3 is 0 Å². The van der Waals surface area contributed by atoms with E-state index in [0.717, 1.165) is 10.5 Å². The van der Waals surface area contributed by atoms with Crippen LogP contribution in [0.4, 0.5) is 5.69 Å². The number of fused-ring (bicyclic) bond motifs is 1. The molecule has 0 fully saturated rings. The second-order valence-corrected chi connectivity index (χ2v) is 7.34. The fourth-order valence-corrected chi connectivity index (χ4v) is 3.94. The first-order valence-electron chi connectivity index (χ1n) is 8.91. The number of hydrogen-bond donors (Lipinski definition) is 0. The van der Waals surface area contributed by atoms with E-state index in [1.165, 1.54) is 17.4 Å². The Bertz CT molecular complexity index is 1310. The van der Waals surface area contributed by atoms with Gasteiger partial charge in [0.2, 0.25) is 5.89 Å². The Morgan fingerprint density at radius 1 is 1.27 bits per heavy atom. The molecule has 0 radical (unpaired) electrons. The fourth-order valence-electron chi connectivity index (χ4n) is 3.06. The summed E-state index contributed by atoms with van der Waals surface area (Å²) in [7, 11) is 0. The van der Waals surface area contributed by atoms with E-state index in [9.17, 15) is 14.9 Å². The molecule has 0 spiro atoms. The van der Waals surface area contributed by atoms with Crippen molar-refractivity contribution in [2.24, 2.45) is 0 Å². The number of nitriles is 1. The zero-order valence-corrected chi connectivity index (χ0v) is 16.8. The molecule has 8 nitrogen and oxygen atoms in total. The number of aromatic nitrogens is 2. The average Bonchev–Trinajstić information content (AvgIpc) is 3.31. The summed E-state index contributed by atoms with van der Waals surface area (Å²) in [5.41, 5.74) is 2.13. The van der Waals surface area contributed by atoms with E-state index < -0.39 is 11.8 Å². The van der Waals surface area contributed by atoms with Crippen molar-refractivity contribution in [1.29, 1.82) is 5.26 Å². The largest absolute Gasteiger partial charge is 0.417 e. The summed E-state index contributed by atoms with van der Waals surface area (Å²) < 4.78 is 5.68. The standard InChI is InChI=1S/C21H13N5O3S/c1-4-26-20(27)14(11(2)15(10-22)21(26)28)9-16-24-19-17(29-16)25-18(30-19)12-5-7-13(23-3)8-6-12/h5-9H,4H2,1-2H3/b14-9-. The highest BCUT2D eigenvalue weighted by atomic mass is 32.1. The van der Waals surface area contributed by atoms with Gasteiger partial charge in [-0.3, -0.25) is 14.5 Å². The van der Waals surface area contributed by atoms with Crippen molar-refractivity contribution in [2.45, 2.75) is 13.8 Å². The summed E-state index contributed by atoms with van der Waals surface area (Å²) in [5, 5.41) is 10.0. The highest BCUT2D eigenvalue weighted by molar-refractivity contribution is 7.21. The number of thiazole rings is 1. The fraction of sp³-hybridized carbons (Fsp3) is 0.143. The predicted molar refractivity (Wildman–Crippen MR) is 110 cm³/mol. The lowest BCUT2D eigenvalue weighted by molar-refractivity contribution is -0.140. The molecule has 1 aliphatic rings. The molecule has 3 heterocycles. The van der Waals surface area contributed by atoms with Crippen molar-refractivity contribution in [2.75, 3.05) is 6.54 Å². The van der Waals surface area contributed by atoms with Crippen LogP contribution >= 0.6 is 11.3 Å². The number of carbonyl (C=O) groups excluding carboxylic acids is 2. The molecule has 0 saturated carbocycles. The third kappa shape index (κ3) is 3.08. The highest BCUT2D eigenvalue weighted by Gasteiger charge is 2.34. The molecule has 1 aromatic carbocycles. The lowest BCUT2D eigenvalue weighted by Crippen LogP contribution is -2.42. The third-order valence-electron chi connectivity index (χ3n) is 4.65. The number of imide groups is 1. The van der Waals surface area contributed by atoms with E-state index in [1.54, 1.807) is 26.0 Å². The van der Waals surface area contributed by atoms with E-state index in [0.29, 0.717) is 26.8 Å². The van der Waals surface area contributed by atoms with Gasteiger partial charge in [-0.2, -0.15) is 15.2 Å². The first kappa shape index (κ1) is 19.2. The summed E-state index contributed by atoms with van der Waals surface area (Å²) in [6.07, 6.45) is 1.43. The molecule has 0 bridgehead atoms. The SMILES string of the molecule is [C-]#[N+]c1ccc(-c2nc3oc(/C=C4\C(=O)N(CC)C(=O)C(C#N)=C4C)nc3s2)cc1. The second-order valence-electron chi connectivity index (χ2n) is 6.36. The molecular formula is C21H13N5O3S. The molecular weight excluding hydrogens is 402 g/mol. The van der Waals surface area contributed by atoms with Crippen LogP contribution < -0.4 is 0 Å². The average molecular weight is 415 g/mol. The van der Waals surface area contributed by atoms with Gasteiger partial charge in [0.15, 0.2) is 10.5 Å². The Hall–Kier alpha value is -4.08. The van der Waals surface area contributed by atoms with Crippen LogP contribution in [0.2, 0.25) is 0 Å². The number of hydrogen-bond acceptors (Lipinski definition) is 7. The van der Waals surface area contributed by atoms with Gasteiger partial charge in [0, 0.05) is 23.8 Å². The van der Waals surface area contributed by atoms with Gasteiger partial charge in [-0.15, -0.1) is 0 Å². The van der Waals surface area contributed by atoms with Crippen LogP contribution in [0.3, 0.4) is 0 Å². The van der Waals surface area contributed by atoms with Crippen molar-refractivity contribution in [3.8, 4) is 16.6 Å². The Morgan fingerprint density at radius 2 is 2.00 bits per heavy atom. The molecule has 2 aromatic heterocycles. The lowest BCUT2D eigenvalue weighted by Gasteiger charge is -2.25. The maximum atomic E-state index is 12.7. The predicted octanol–water partition coefficient (Wildman–Crippen LogP) is 4.11. The van der Waals surface area contributed by atoms with Gasteiger partial charge in [0.25, 0.3) is 17.5 Å². The van der Waals surface area contributed by atoms with Crippen molar-refractivity contribution in [3.05, 3.63) is 58.3 Å². The molecule has 2 amide bonds. The smallest absolute Gasteiger partial charge is 0.271 e. The summed E-state index contributed by atoms with van der Waals surface area (Å²) in [6.45, 7) is 10.4. The molecule has 3 aromatic rings. The molecule has 0 saturated heterocycles. The van der Waals surface area contributed by atoms with Gasteiger partial charge < -0.3 is 4.42 Å². The Morgan fingerprint density at radius 3 is 2.60 bits per heavy atom. The molecule has 4 rings (SSSR count). The number of amides is 2. The number of rotatable bonds is 3. The van der Waals surface area contributed by atoms with Gasteiger partial charge in [-0.25, -0.2) is 4.85 Å². The monoisotopic (exact) mass is 415 g/mol. The lowest BCUT2D eigenvalue weighted by atomic mass is 9.95. The zero-order valence-electron chi connectivity index (χ0n) is 16.0. The molecule has 0 unspecified atom stereocenters. The quantitative estimate of drug-likeness (QED) is 0.362. The Labute approximate surface area is 175 Å². The van der Waals surface area contributed by atoms with E-state index in [2.05, 4.69) is 14.8 Å². The normalized spacial score (nSPS) is 15.7. The first-order chi connectivity index (χ1) is 14.5. The van der Waals surface area contributed by atoms with Crippen LogP contribution in [-0.4, -0.2) is 33.2 Å². The van der Waals surface area contributed by atoms with E-state index in [4.69, 9.17) is 11.0 Å². The minimum Gasteiger partial charge on any atom is -0.417 e. The van der Waals surface area contributed by atoms with Crippen LogP contribution in [0.1, 0.15) is 19.7 Å². The highest BCUT2D eigenvalue weighted by Crippen LogP contribution is 2.33. The van der Waals surface area contributed by atoms with Gasteiger partial charge in [0.1, 0.15) is 16.6 Å². The van der Waals surface area contributed by atoms with Crippen molar-refractivity contribution in [1.82, 2.24) is 14.9 Å². The second kappa shape index (κ2) is 7.39. The van der Waals surface area contributed by atoms with E-state index in [-0.39, 0.29) is 23.6 Å². The Kier molecular flexibility index (Phi) is 4.74. The molecule has 1 aliphatic heterocycles. The van der Waals surface area contributed by atoms with E-state index in [1.807, 2.05) is 18.2 Å². The Balaban J connectivity index is 1.72. The third-order valence-corrected chi connectivity index (χ3v) is 5.62. The van der Waals surface area contributed by atoms with Crippen molar-refractivity contribution < 1.29 is 14.0 Å². The van der Waals surface area contributed by atoms with Crippen LogP contribution in [0.25, 0.3) is 32.0 Å². The minimum atomic E-state index is -0.594. The van der Waals surface area contributed by atoms with Gasteiger partial charge in [-0.05, 0) is 19.4 Å². The molecule has 0 atom stereocenters. The molecule has 9 heteroatoms. The van der Waals surface area contributed by atoms with Gasteiger partial charge in [-0.1, -0.05) is 35.6 Å². The molecule has 146 valence electrons. The van der Waals surface area contributed by atoms with Crippen LogP contribution in [0, 0.1) is 17.9 Å². The van der Waals surface area contributed by atoms with Crippen LogP contribution in [-0.2, 0) is 9.59 Å². The number of oxazole rings is 1. The number of carbonyl (C=O) groups is 2. The summed E-state index contributed by atoms with van der Waals surface area (Å²) in [4.78, 5) is 38.7. The zero-order chi connectivity index (χ0) is 21.4. The summed E-state index contributed by atoms with van der Waals surface area (Å²) in [5.74, 6) is -0.915. The minimum absolute atomic E-state index is 0.0701. The van der Waals surface area contributed by atoms with Crippen molar-refractivity contribution >= 4 is 45.5 Å². The number of benzene rings is 1. The summed E-state index contributed by atoms with van der Waals surface area (Å²) >= 11 is 1.32. The number of nitrogens with zero attached hydrogens (tertiary/aromatic N) is 5. The number of likely N-dealkylation sites (N-methyl/N-ethyl adjacent to an activating group) is 1. The maximum Gasteiger partial charge on any atom is 0.271 e.